The molecular weight excluding hydrogens is 532 g/mol. The number of amides is 1. The number of carbonyl (C=O) groups excluding carboxylic acids is 1. The number of piperidine rings is 2. The molecule has 3 aliphatic heterocycles. The van der Waals surface area contributed by atoms with Crippen LogP contribution in [-0.2, 0) is 22.3 Å². The van der Waals surface area contributed by atoms with Crippen LogP contribution < -0.4 is 4.90 Å². The van der Waals surface area contributed by atoms with Crippen LogP contribution in [0.1, 0.15) is 50.2 Å². The van der Waals surface area contributed by atoms with E-state index in [1.165, 1.54) is 11.0 Å². The van der Waals surface area contributed by atoms with Crippen molar-refractivity contribution in [2.75, 3.05) is 44.2 Å². The lowest BCUT2D eigenvalue weighted by Crippen LogP contribution is -2.43. The topological polar surface area (TPSA) is 73.3 Å². The molecule has 1 aromatic carbocycles. The van der Waals surface area contributed by atoms with Gasteiger partial charge in [0.2, 0.25) is 0 Å². The molecule has 1 unspecified atom stereocenters. The molecule has 39 heavy (non-hydrogen) atoms. The summed E-state index contributed by atoms with van der Waals surface area (Å²) in [7, 11) is 0. The molecule has 0 aliphatic carbocycles. The Bertz CT molecular complexity index is 1050. The maximum Gasteiger partial charge on any atom is 0.425 e. The number of carboxylic acids is 1. The first-order valence-electron chi connectivity index (χ1n) is 13.1. The second-order valence-corrected chi connectivity index (χ2v) is 11.0. The van der Waals surface area contributed by atoms with Gasteiger partial charge in [0, 0.05) is 38.4 Å². The van der Waals surface area contributed by atoms with Crippen LogP contribution in [0.3, 0.4) is 0 Å². The first-order valence-corrected chi connectivity index (χ1v) is 13.1. The average Bonchev–Trinajstić information content (AvgIpc) is 3.28. The highest BCUT2D eigenvalue weighted by molar-refractivity contribution is 5.70. The van der Waals surface area contributed by atoms with Gasteiger partial charge in [-0.05, 0) is 75.2 Å². The van der Waals surface area contributed by atoms with Crippen LogP contribution >= 0.6 is 0 Å². The number of hydrogen-bond acceptors (Lipinski definition) is 5. The van der Waals surface area contributed by atoms with Gasteiger partial charge < -0.3 is 19.6 Å². The largest absolute Gasteiger partial charge is 0.481 e. The highest BCUT2D eigenvalue weighted by Crippen LogP contribution is 2.42. The number of halogens is 6. The monoisotopic (exact) mass is 565 g/mol. The van der Waals surface area contributed by atoms with Crippen molar-refractivity contribution in [1.82, 2.24) is 9.80 Å². The van der Waals surface area contributed by atoms with Gasteiger partial charge in [-0.2, -0.15) is 26.3 Å². The maximum absolute atomic E-state index is 14.0. The van der Waals surface area contributed by atoms with Crippen LogP contribution in [0, 0.1) is 11.3 Å². The molecule has 0 bridgehead atoms. The number of carboxylic acid groups (broad SMARTS) is 1. The third-order valence-electron chi connectivity index (χ3n) is 8.31. The SMILES string of the molecule is CC(OC(=O)N1CCC2(CCN(Cc3ccc(N4CCC(C(=O)O)CC4)c(C(F)(F)F)c3)CC2)C1)C(F)(F)F. The zero-order valence-electron chi connectivity index (χ0n) is 21.7. The Morgan fingerprint density at radius 2 is 1.64 bits per heavy atom. The summed E-state index contributed by atoms with van der Waals surface area (Å²) in [6.07, 6.45) is -9.78. The molecule has 1 aromatic rings. The third kappa shape index (κ3) is 6.90. The van der Waals surface area contributed by atoms with Crippen molar-refractivity contribution in [1.29, 1.82) is 0 Å². The Morgan fingerprint density at radius 1 is 1.03 bits per heavy atom. The number of benzene rings is 1. The minimum atomic E-state index is -4.63. The number of hydrogen-bond donors (Lipinski definition) is 1. The summed E-state index contributed by atoms with van der Waals surface area (Å²) >= 11 is 0. The summed E-state index contributed by atoms with van der Waals surface area (Å²) in [6, 6.07) is 4.30. The lowest BCUT2D eigenvalue weighted by atomic mass is 9.77. The van der Waals surface area contributed by atoms with Gasteiger partial charge in [-0.25, -0.2) is 4.79 Å². The van der Waals surface area contributed by atoms with E-state index in [4.69, 9.17) is 0 Å². The normalized spacial score (nSPS) is 21.8. The molecule has 7 nitrogen and oxygen atoms in total. The van der Waals surface area contributed by atoms with Crippen molar-refractivity contribution in [2.45, 2.75) is 64.0 Å². The Morgan fingerprint density at radius 3 is 2.21 bits per heavy atom. The Balaban J connectivity index is 1.34. The summed E-state index contributed by atoms with van der Waals surface area (Å²) in [5, 5.41) is 9.17. The molecule has 3 fully saturated rings. The van der Waals surface area contributed by atoms with Gasteiger partial charge in [0.05, 0.1) is 11.5 Å². The number of rotatable bonds is 5. The summed E-state index contributed by atoms with van der Waals surface area (Å²) < 4.78 is 84.7. The van der Waals surface area contributed by atoms with Crippen LogP contribution in [0.15, 0.2) is 18.2 Å². The Labute approximate surface area is 222 Å². The molecule has 218 valence electrons. The fourth-order valence-electron chi connectivity index (χ4n) is 5.79. The summed E-state index contributed by atoms with van der Waals surface area (Å²) in [4.78, 5) is 28.4. The standard InChI is InChI=1S/C26H33F6N3O4/c1-17(25(27,28)29)39-23(38)35-13-8-24(16-35)6-11-33(12-7-24)15-18-2-3-21(20(14-18)26(30,31)32)34-9-4-19(5-10-34)22(36)37/h2-3,14,17,19H,4-13,15-16H2,1H3,(H,36,37). The van der Waals surface area contributed by atoms with E-state index < -0.39 is 42.0 Å². The molecule has 3 saturated heterocycles. The van der Waals surface area contributed by atoms with Crippen LogP contribution in [0.2, 0.25) is 0 Å². The number of anilines is 1. The summed E-state index contributed by atoms with van der Waals surface area (Å²) in [5.41, 5.74) is -0.397. The lowest BCUT2D eigenvalue weighted by Gasteiger charge is -2.39. The average molecular weight is 566 g/mol. The van der Waals surface area contributed by atoms with E-state index in [-0.39, 0.29) is 24.2 Å². The van der Waals surface area contributed by atoms with E-state index in [1.54, 1.807) is 11.0 Å². The van der Waals surface area contributed by atoms with Crippen molar-refractivity contribution in [3.63, 3.8) is 0 Å². The molecule has 1 N–H and O–H groups in total. The summed E-state index contributed by atoms with van der Waals surface area (Å²) in [5.74, 6) is -1.47. The fraction of sp³-hybridized carbons (Fsp3) is 0.692. The summed E-state index contributed by atoms with van der Waals surface area (Å²) in [6.45, 7) is 3.39. The molecule has 13 heteroatoms. The van der Waals surface area contributed by atoms with E-state index in [0.717, 1.165) is 13.0 Å². The van der Waals surface area contributed by atoms with E-state index in [0.29, 0.717) is 70.4 Å². The van der Waals surface area contributed by atoms with E-state index in [2.05, 4.69) is 4.74 Å². The van der Waals surface area contributed by atoms with E-state index >= 15 is 0 Å². The van der Waals surface area contributed by atoms with E-state index in [9.17, 15) is 41.0 Å². The van der Waals surface area contributed by atoms with E-state index in [1.807, 2.05) is 4.90 Å². The van der Waals surface area contributed by atoms with Crippen molar-refractivity contribution in [2.24, 2.45) is 11.3 Å². The molecule has 1 spiro atoms. The number of likely N-dealkylation sites (tertiary alicyclic amines) is 2. The number of nitrogens with zero attached hydrogens (tertiary/aromatic N) is 3. The lowest BCUT2D eigenvalue weighted by molar-refractivity contribution is -0.199. The zero-order chi connectivity index (χ0) is 28.6. The quantitative estimate of drug-likeness (QED) is 0.484. The minimum Gasteiger partial charge on any atom is -0.481 e. The predicted molar refractivity (Wildman–Crippen MR) is 129 cm³/mol. The predicted octanol–water partition coefficient (Wildman–Crippen LogP) is 5.38. The third-order valence-corrected chi connectivity index (χ3v) is 8.31. The minimum absolute atomic E-state index is 0.0606. The van der Waals surface area contributed by atoms with Crippen LogP contribution in [0.5, 0.6) is 0 Å². The van der Waals surface area contributed by atoms with Crippen LogP contribution in [-0.4, -0.2) is 78.5 Å². The second kappa shape index (κ2) is 11.1. The highest BCUT2D eigenvalue weighted by atomic mass is 19.4. The smallest absolute Gasteiger partial charge is 0.425 e. The van der Waals surface area contributed by atoms with Crippen molar-refractivity contribution in [3.05, 3.63) is 29.3 Å². The molecule has 3 aliphatic rings. The molecular formula is C26H33F6N3O4. The second-order valence-electron chi connectivity index (χ2n) is 11.0. The number of aliphatic carboxylic acids is 1. The molecule has 0 saturated carbocycles. The molecule has 1 atom stereocenters. The number of alkyl halides is 6. The molecule has 0 radical (unpaired) electrons. The van der Waals surface area contributed by atoms with Gasteiger partial charge in [-0.15, -0.1) is 0 Å². The Hall–Kier alpha value is -2.70. The van der Waals surface area contributed by atoms with Gasteiger partial charge in [0.1, 0.15) is 0 Å². The van der Waals surface area contributed by atoms with Crippen molar-refractivity contribution >= 4 is 17.7 Å². The van der Waals surface area contributed by atoms with Gasteiger partial charge in [0.25, 0.3) is 0 Å². The highest BCUT2D eigenvalue weighted by Gasteiger charge is 2.45. The first-order chi connectivity index (χ1) is 18.2. The number of carbonyl (C=O) groups is 2. The van der Waals surface area contributed by atoms with Gasteiger partial charge in [-0.3, -0.25) is 9.69 Å². The zero-order valence-corrected chi connectivity index (χ0v) is 21.7. The Kier molecular flexibility index (Phi) is 8.30. The molecule has 0 aromatic heterocycles. The van der Waals surface area contributed by atoms with Gasteiger partial charge in [0.15, 0.2) is 6.10 Å². The fourth-order valence-corrected chi connectivity index (χ4v) is 5.79. The molecule has 3 heterocycles. The van der Waals surface area contributed by atoms with Crippen LogP contribution in [0.4, 0.5) is 36.8 Å². The molecule has 1 amide bonds. The number of ether oxygens (including phenoxy) is 1. The van der Waals surface area contributed by atoms with Gasteiger partial charge in [-0.1, -0.05) is 6.07 Å². The maximum atomic E-state index is 14.0. The van der Waals surface area contributed by atoms with Crippen molar-refractivity contribution in [3.8, 4) is 0 Å². The molecule has 4 rings (SSSR count). The first kappa shape index (κ1) is 29.3. The van der Waals surface area contributed by atoms with Crippen LogP contribution in [0.25, 0.3) is 0 Å². The van der Waals surface area contributed by atoms with Crippen molar-refractivity contribution < 1.29 is 45.8 Å². The van der Waals surface area contributed by atoms with Gasteiger partial charge >= 0.3 is 24.4 Å².